The molecule has 0 spiro atoms. The second-order valence-corrected chi connectivity index (χ2v) is 6.50. The first kappa shape index (κ1) is 16.8. The highest BCUT2D eigenvalue weighted by atomic mass is 16.1. The summed E-state index contributed by atoms with van der Waals surface area (Å²) >= 11 is 0. The fourth-order valence-corrected chi connectivity index (χ4v) is 2.71. The molecule has 0 bridgehead atoms. The predicted molar refractivity (Wildman–Crippen MR) is 93.5 cm³/mol. The van der Waals surface area contributed by atoms with Crippen molar-refractivity contribution in [3.63, 3.8) is 0 Å². The summed E-state index contributed by atoms with van der Waals surface area (Å²) in [4.78, 5) is 14.3. The Labute approximate surface area is 134 Å². The Morgan fingerprint density at radius 1 is 1.14 bits per heavy atom. The lowest BCUT2D eigenvalue weighted by atomic mass is 10.1. The van der Waals surface area contributed by atoms with Crippen molar-refractivity contribution in [3.8, 4) is 0 Å². The van der Waals surface area contributed by atoms with Gasteiger partial charge in [-0.05, 0) is 62.4 Å². The van der Waals surface area contributed by atoms with E-state index in [4.69, 9.17) is 0 Å². The van der Waals surface area contributed by atoms with E-state index in [2.05, 4.69) is 41.5 Å². The van der Waals surface area contributed by atoms with E-state index in [0.717, 1.165) is 31.7 Å². The molecule has 0 saturated carbocycles. The SMILES string of the molecule is CC(C)CCNCC(=O)Nc1ccc(N2CCCCC2)cc1. The standard InChI is InChI=1S/C18H29N3O/c1-15(2)10-11-19-14-18(22)20-16-6-8-17(9-7-16)21-12-4-3-5-13-21/h6-9,15,19H,3-5,10-14H2,1-2H3,(H,20,22). The van der Waals surface area contributed by atoms with E-state index in [1.165, 1.54) is 24.9 Å². The third-order valence-electron chi connectivity index (χ3n) is 4.06. The number of hydrogen-bond donors (Lipinski definition) is 2. The van der Waals surface area contributed by atoms with Gasteiger partial charge in [-0.25, -0.2) is 0 Å². The molecule has 2 N–H and O–H groups in total. The fourth-order valence-electron chi connectivity index (χ4n) is 2.71. The Morgan fingerprint density at radius 2 is 1.82 bits per heavy atom. The number of nitrogens with one attached hydrogen (secondary N) is 2. The first-order valence-electron chi connectivity index (χ1n) is 8.51. The third kappa shape index (κ3) is 5.68. The molecule has 22 heavy (non-hydrogen) atoms. The van der Waals surface area contributed by atoms with Crippen LogP contribution in [0.15, 0.2) is 24.3 Å². The molecule has 1 amide bonds. The first-order valence-corrected chi connectivity index (χ1v) is 8.51. The van der Waals surface area contributed by atoms with E-state index in [9.17, 15) is 4.79 Å². The molecular weight excluding hydrogens is 274 g/mol. The molecule has 1 aliphatic heterocycles. The van der Waals surface area contributed by atoms with E-state index in [1.807, 2.05) is 12.1 Å². The topological polar surface area (TPSA) is 44.4 Å². The number of piperidine rings is 1. The van der Waals surface area contributed by atoms with Crippen LogP contribution in [0, 0.1) is 5.92 Å². The summed E-state index contributed by atoms with van der Waals surface area (Å²) in [5, 5.41) is 6.12. The van der Waals surface area contributed by atoms with Crippen molar-refractivity contribution in [1.82, 2.24) is 5.32 Å². The molecule has 4 heteroatoms. The van der Waals surface area contributed by atoms with E-state index >= 15 is 0 Å². The molecule has 0 unspecified atom stereocenters. The zero-order valence-corrected chi connectivity index (χ0v) is 13.9. The van der Waals surface area contributed by atoms with Gasteiger partial charge in [0.2, 0.25) is 5.91 Å². The van der Waals surface area contributed by atoms with Gasteiger partial charge in [0, 0.05) is 24.5 Å². The van der Waals surface area contributed by atoms with Crippen molar-refractivity contribution in [3.05, 3.63) is 24.3 Å². The molecule has 0 radical (unpaired) electrons. The summed E-state index contributed by atoms with van der Waals surface area (Å²) in [6.45, 7) is 7.92. The number of carbonyl (C=O) groups is 1. The van der Waals surface area contributed by atoms with Crippen LogP contribution in [-0.2, 0) is 4.79 Å². The summed E-state index contributed by atoms with van der Waals surface area (Å²) in [5.41, 5.74) is 2.13. The highest BCUT2D eigenvalue weighted by Gasteiger charge is 2.10. The summed E-state index contributed by atoms with van der Waals surface area (Å²) in [7, 11) is 0. The number of carbonyl (C=O) groups excluding carboxylic acids is 1. The summed E-state index contributed by atoms with van der Waals surface area (Å²) < 4.78 is 0. The minimum atomic E-state index is 0.0227. The largest absolute Gasteiger partial charge is 0.372 e. The molecule has 1 fully saturated rings. The number of amides is 1. The molecular formula is C18H29N3O. The Kier molecular flexibility index (Phi) is 6.72. The molecule has 1 aliphatic rings. The molecule has 122 valence electrons. The van der Waals surface area contributed by atoms with Crippen LogP contribution in [0.3, 0.4) is 0 Å². The van der Waals surface area contributed by atoms with Crippen LogP contribution in [0.5, 0.6) is 0 Å². The minimum Gasteiger partial charge on any atom is -0.372 e. The molecule has 0 atom stereocenters. The smallest absolute Gasteiger partial charge is 0.238 e. The number of hydrogen-bond acceptors (Lipinski definition) is 3. The van der Waals surface area contributed by atoms with Crippen molar-refractivity contribution in [2.24, 2.45) is 5.92 Å². The van der Waals surface area contributed by atoms with Crippen LogP contribution >= 0.6 is 0 Å². The number of benzene rings is 1. The van der Waals surface area contributed by atoms with E-state index < -0.39 is 0 Å². The van der Waals surface area contributed by atoms with Gasteiger partial charge in [0.15, 0.2) is 0 Å². The van der Waals surface area contributed by atoms with Gasteiger partial charge in [-0.2, -0.15) is 0 Å². The van der Waals surface area contributed by atoms with Crippen LogP contribution in [0.4, 0.5) is 11.4 Å². The number of anilines is 2. The number of rotatable bonds is 7. The Bertz CT molecular complexity index is 450. The van der Waals surface area contributed by atoms with Crippen LogP contribution in [0.25, 0.3) is 0 Å². The lowest BCUT2D eigenvalue weighted by molar-refractivity contribution is -0.115. The zero-order chi connectivity index (χ0) is 15.8. The molecule has 2 rings (SSSR count). The maximum Gasteiger partial charge on any atom is 0.238 e. The van der Waals surface area contributed by atoms with Crippen LogP contribution in [0.1, 0.15) is 39.5 Å². The van der Waals surface area contributed by atoms with Gasteiger partial charge < -0.3 is 15.5 Å². The average molecular weight is 303 g/mol. The van der Waals surface area contributed by atoms with Gasteiger partial charge in [-0.3, -0.25) is 4.79 Å². The molecule has 1 heterocycles. The summed E-state index contributed by atoms with van der Waals surface area (Å²) in [5.74, 6) is 0.687. The lowest BCUT2D eigenvalue weighted by Crippen LogP contribution is -2.30. The van der Waals surface area contributed by atoms with Crippen LogP contribution in [0.2, 0.25) is 0 Å². The van der Waals surface area contributed by atoms with Crippen molar-refractivity contribution in [2.75, 3.05) is 36.4 Å². The predicted octanol–water partition coefficient (Wildman–Crippen LogP) is 3.25. The number of nitrogens with zero attached hydrogens (tertiary/aromatic N) is 1. The molecule has 1 aromatic rings. The second kappa shape index (κ2) is 8.79. The van der Waals surface area contributed by atoms with E-state index in [1.54, 1.807) is 0 Å². The van der Waals surface area contributed by atoms with Gasteiger partial charge in [-0.1, -0.05) is 13.8 Å². The van der Waals surface area contributed by atoms with Gasteiger partial charge in [0.1, 0.15) is 0 Å². The maximum atomic E-state index is 11.9. The third-order valence-corrected chi connectivity index (χ3v) is 4.06. The summed E-state index contributed by atoms with van der Waals surface area (Å²) in [6, 6.07) is 8.20. The monoisotopic (exact) mass is 303 g/mol. The van der Waals surface area contributed by atoms with Crippen LogP contribution in [-0.4, -0.2) is 32.1 Å². The van der Waals surface area contributed by atoms with E-state index in [-0.39, 0.29) is 5.91 Å². The molecule has 0 aromatic heterocycles. The first-order chi connectivity index (χ1) is 10.6. The lowest BCUT2D eigenvalue weighted by Gasteiger charge is -2.28. The highest BCUT2D eigenvalue weighted by Crippen LogP contribution is 2.21. The Morgan fingerprint density at radius 3 is 2.45 bits per heavy atom. The zero-order valence-electron chi connectivity index (χ0n) is 13.9. The van der Waals surface area contributed by atoms with Gasteiger partial charge in [0.05, 0.1) is 6.54 Å². The van der Waals surface area contributed by atoms with Gasteiger partial charge in [-0.15, -0.1) is 0 Å². The molecule has 4 nitrogen and oxygen atoms in total. The van der Waals surface area contributed by atoms with Gasteiger partial charge >= 0.3 is 0 Å². The van der Waals surface area contributed by atoms with E-state index in [0.29, 0.717) is 12.5 Å². The molecule has 1 aromatic carbocycles. The second-order valence-electron chi connectivity index (χ2n) is 6.50. The van der Waals surface area contributed by atoms with Crippen molar-refractivity contribution in [2.45, 2.75) is 39.5 Å². The minimum absolute atomic E-state index is 0.0227. The molecule has 1 saturated heterocycles. The van der Waals surface area contributed by atoms with Gasteiger partial charge in [0.25, 0.3) is 0 Å². The van der Waals surface area contributed by atoms with Crippen molar-refractivity contribution >= 4 is 17.3 Å². The Balaban J connectivity index is 1.74. The van der Waals surface area contributed by atoms with Crippen molar-refractivity contribution in [1.29, 1.82) is 0 Å². The Hall–Kier alpha value is -1.55. The van der Waals surface area contributed by atoms with Crippen LogP contribution < -0.4 is 15.5 Å². The maximum absolute atomic E-state index is 11.9. The summed E-state index contributed by atoms with van der Waals surface area (Å²) in [6.07, 6.45) is 4.99. The molecule has 0 aliphatic carbocycles. The fraction of sp³-hybridized carbons (Fsp3) is 0.611. The normalized spacial score (nSPS) is 15.1. The quantitative estimate of drug-likeness (QED) is 0.760. The average Bonchev–Trinajstić information content (AvgIpc) is 2.53. The van der Waals surface area contributed by atoms with Crippen molar-refractivity contribution < 1.29 is 4.79 Å². The highest BCUT2D eigenvalue weighted by molar-refractivity contribution is 5.92.